The van der Waals surface area contributed by atoms with Crippen molar-refractivity contribution in [3.63, 3.8) is 0 Å². The van der Waals surface area contributed by atoms with Crippen molar-refractivity contribution in [3.8, 4) is 5.82 Å². The largest absolute Gasteiger partial charge is 0.354 e. The van der Waals surface area contributed by atoms with Crippen molar-refractivity contribution in [1.82, 2.24) is 24.6 Å². The molecule has 0 bridgehead atoms. The van der Waals surface area contributed by atoms with Crippen LogP contribution in [0.4, 0.5) is 5.82 Å². The minimum Gasteiger partial charge on any atom is -0.354 e. The number of hydrogen-bond acceptors (Lipinski definition) is 5. The quantitative estimate of drug-likeness (QED) is 0.708. The molecule has 7 heteroatoms. The normalized spacial score (nSPS) is 15.4. The van der Waals surface area contributed by atoms with Crippen molar-refractivity contribution in [3.05, 3.63) is 65.2 Å². The molecule has 134 valence electrons. The molecule has 0 amide bonds. The van der Waals surface area contributed by atoms with E-state index in [4.69, 9.17) is 11.6 Å². The van der Waals surface area contributed by atoms with Crippen LogP contribution in [0.25, 0.3) is 5.82 Å². The van der Waals surface area contributed by atoms with E-state index in [2.05, 4.69) is 30.9 Å². The van der Waals surface area contributed by atoms with Gasteiger partial charge in [-0.3, -0.25) is 4.90 Å². The number of nitrogens with zero attached hydrogens (tertiary/aromatic N) is 6. The van der Waals surface area contributed by atoms with Crippen LogP contribution in [-0.2, 0) is 6.54 Å². The fourth-order valence-electron chi connectivity index (χ4n) is 3.21. The van der Waals surface area contributed by atoms with E-state index in [1.165, 1.54) is 5.56 Å². The molecule has 1 saturated heterocycles. The number of anilines is 1. The molecule has 0 N–H and O–H groups in total. The molecule has 0 atom stereocenters. The maximum absolute atomic E-state index is 6.08. The Hall–Kier alpha value is -2.44. The van der Waals surface area contributed by atoms with Crippen LogP contribution in [-0.4, -0.2) is 50.8 Å². The number of piperazine rings is 1. The summed E-state index contributed by atoms with van der Waals surface area (Å²) in [5.74, 6) is 1.75. The molecule has 0 saturated carbocycles. The van der Waals surface area contributed by atoms with Gasteiger partial charge in [0.05, 0.1) is 5.69 Å². The topological polar surface area (TPSA) is 50.1 Å². The maximum atomic E-state index is 6.08. The van der Waals surface area contributed by atoms with E-state index >= 15 is 0 Å². The number of aryl methyl sites for hydroxylation is 1. The van der Waals surface area contributed by atoms with E-state index in [-0.39, 0.29) is 0 Å². The molecule has 1 fully saturated rings. The molecule has 1 aliphatic rings. The van der Waals surface area contributed by atoms with Gasteiger partial charge in [-0.05, 0) is 30.7 Å². The van der Waals surface area contributed by atoms with Gasteiger partial charge in [-0.15, -0.1) is 0 Å². The maximum Gasteiger partial charge on any atom is 0.158 e. The van der Waals surface area contributed by atoms with Crippen molar-refractivity contribution in [1.29, 1.82) is 0 Å². The second-order valence-electron chi connectivity index (χ2n) is 6.53. The predicted octanol–water partition coefficient (Wildman–Crippen LogP) is 2.95. The smallest absolute Gasteiger partial charge is 0.158 e. The van der Waals surface area contributed by atoms with Gasteiger partial charge in [-0.2, -0.15) is 5.10 Å². The van der Waals surface area contributed by atoms with Crippen LogP contribution in [0.3, 0.4) is 0 Å². The van der Waals surface area contributed by atoms with Gasteiger partial charge in [0.1, 0.15) is 12.1 Å². The lowest BCUT2D eigenvalue weighted by Crippen LogP contribution is -2.46. The molecule has 6 nitrogen and oxygen atoms in total. The Morgan fingerprint density at radius 3 is 2.54 bits per heavy atom. The van der Waals surface area contributed by atoms with E-state index < -0.39 is 0 Å². The Morgan fingerprint density at radius 2 is 1.81 bits per heavy atom. The number of benzene rings is 1. The van der Waals surface area contributed by atoms with Crippen LogP contribution in [0, 0.1) is 6.92 Å². The molecule has 26 heavy (non-hydrogen) atoms. The summed E-state index contributed by atoms with van der Waals surface area (Å²) in [6.07, 6.45) is 3.53. The summed E-state index contributed by atoms with van der Waals surface area (Å²) in [6, 6.07) is 12.1. The predicted molar refractivity (Wildman–Crippen MR) is 103 cm³/mol. The zero-order valence-corrected chi connectivity index (χ0v) is 15.5. The first-order chi connectivity index (χ1) is 12.7. The molecule has 0 unspecified atom stereocenters. The first-order valence-corrected chi connectivity index (χ1v) is 9.11. The fraction of sp³-hybridized carbons (Fsp3) is 0.316. The summed E-state index contributed by atoms with van der Waals surface area (Å²) in [6.45, 7) is 6.76. The summed E-state index contributed by atoms with van der Waals surface area (Å²) >= 11 is 6.08. The molecular formula is C19H21ClN6. The highest BCUT2D eigenvalue weighted by molar-refractivity contribution is 6.30. The highest BCUT2D eigenvalue weighted by atomic mass is 35.5. The van der Waals surface area contributed by atoms with Crippen LogP contribution in [0.2, 0.25) is 5.02 Å². The van der Waals surface area contributed by atoms with Gasteiger partial charge in [0.15, 0.2) is 5.82 Å². The van der Waals surface area contributed by atoms with Crippen molar-refractivity contribution < 1.29 is 0 Å². The lowest BCUT2D eigenvalue weighted by Gasteiger charge is -2.35. The number of aromatic nitrogens is 4. The van der Waals surface area contributed by atoms with Gasteiger partial charge in [0, 0.05) is 50.0 Å². The lowest BCUT2D eigenvalue weighted by molar-refractivity contribution is 0.249. The molecule has 1 aromatic carbocycles. The van der Waals surface area contributed by atoms with Crippen LogP contribution in [0.15, 0.2) is 48.9 Å². The minimum absolute atomic E-state index is 0.795. The summed E-state index contributed by atoms with van der Waals surface area (Å²) in [5, 5.41) is 5.22. The SMILES string of the molecule is Cc1ccn(-c2cc(N3CCN(Cc4cccc(Cl)c4)CC3)ncn2)n1. The number of rotatable bonds is 4. The van der Waals surface area contributed by atoms with E-state index in [0.29, 0.717) is 0 Å². The van der Waals surface area contributed by atoms with E-state index in [0.717, 1.165) is 55.1 Å². The second kappa shape index (κ2) is 7.43. The Labute approximate surface area is 158 Å². The highest BCUT2D eigenvalue weighted by Gasteiger charge is 2.19. The van der Waals surface area contributed by atoms with Crippen molar-refractivity contribution in [2.45, 2.75) is 13.5 Å². The minimum atomic E-state index is 0.795. The van der Waals surface area contributed by atoms with Crippen LogP contribution < -0.4 is 4.90 Å². The van der Waals surface area contributed by atoms with Gasteiger partial charge >= 0.3 is 0 Å². The summed E-state index contributed by atoms with van der Waals surface area (Å²) in [4.78, 5) is 13.5. The third-order valence-corrected chi connectivity index (χ3v) is 4.82. The molecule has 0 radical (unpaired) electrons. The average molecular weight is 369 g/mol. The monoisotopic (exact) mass is 368 g/mol. The highest BCUT2D eigenvalue weighted by Crippen LogP contribution is 2.18. The molecule has 2 aromatic heterocycles. The van der Waals surface area contributed by atoms with Gasteiger partial charge in [0.25, 0.3) is 0 Å². The summed E-state index contributed by atoms with van der Waals surface area (Å²) < 4.78 is 1.79. The lowest BCUT2D eigenvalue weighted by atomic mass is 10.2. The number of halogens is 1. The Bertz CT molecular complexity index is 885. The molecule has 4 rings (SSSR count). The molecule has 0 aliphatic carbocycles. The Morgan fingerprint density at radius 1 is 1.00 bits per heavy atom. The Balaban J connectivity index is 1.40. The third-order valence-electron chi connectivity index (χ3n) is 4.59. The average Bonchev–Trinajstić information content (AvgIpc) is 3.09. The van der Waals surface area contributed by atoms with Crippen molar-refractivity contribution in [2.24, 2.45) is 0 Å². The van der Waals surface area contributed by atoms with E-state index in [1.807, 2.05) is 43.5 Å². The summed E-state index contributed by atoms with van der Waals surface area (Å²) in [5.41, 5.74) is 2.23. The van der Waals surface area contributed by atoms with E-state index in [1.54, 1.807) is 11.0 Å². The first-order valence-electron chi connectivity index (χ1n) is 8.74. The number of hydrogen-bond donors (Lipinski definition) is 0. The summed E-state index contributed by atoms with van der Waals surface area (Å²) in [7, 11) is 0. The zero-order chi connectivity index (χ0) is 17.9. The van der Waals surface area contributed by atoms with Crippen molar-refractivity contribution >= 4 is 17.4 Å². The fourth-order valence-corrected chi connectivity index (χ4v) is 3.42. The molecular weight excluding hydrogens is 348 g/mol. The van der Waals surface area contributed by atoms with Crippen LogP contribution in [0.5, 0.6) is 0 Å². The van der Waals surface area contributed by atoms with E-state index in [9.17, 15) is 0 Å². The van der Waals surface area contributed by atoms with Gasteiger partial charge < -0.3 is 4.90 Å². The molecule has 1 aliphatic heterocycles. The molecule has 3 aromatic rings. The second-order valence-corrected chi connectivity index (χ2v) is 6.97. The van der Waals surface area contributed by atoms with Crippen LogP contribution >= 0.6 is 11.6 Å². The Kier molecular flexibility index (Phi) is 4.86. The third kappa shape index (κ3) is 3.86. The van der Waals surface area contributed by atoms with Crippen LogP contribution in [0.1, 0.15) is 11.3 Å². The molecule has 0 spiro atoms. The van der Waals surface area contributed by atoms with Crippen molar-refractivity contribution in [2.75, 3.05) is 31.1 Å². The van der Waals surface area contributed by atoms with Gasteiger partial charge in [-0.1, -0.05) is 23.7 Å². The van der Waals surface area contributed by atoms with Gasteiger partial charge in [0.2, 0.25) is 0 Å². The first kappa shape index (κ1) is 17.0. The molecule has 3 heterocycles. The standard InChI is InChI=1S/C19H21ClN6/c1-15-5-6-26(23-15)19-12-18(21-14-22-19)25-9-7-24(8-10-25)13-16-3-2-4-17(20)11-16/h2-6,11-12,14H,7-10,13H2,1H3. The zero-order valence-electron chi connectivity index (χ0n) is 14.7. The van der Waals surface area contributed by atoms with Gasteiger partial charge in [-0.25, -0.2) is 14.6 Å².